The highest BCUT2D eigenvalue weighted by molar-refractivity contribution is 5.78. The molecule has 150 valence electrons. The lowest BCUT2D eigenvalue weighted by atomic mass is 10.1. The van der Waals surface area contributed by atoms with Crippen LogP contribution >= 0.6 is 0 Å². The normalized spacial score (nSPS) is 12.7. The Labute approximate surface area is 170 Å². The van der Waals surface area contributed by atoms with E-state index in [0.29, 0.717) is 26.2 Å². The SMILES string of the molecule is Cc1cc(C)n(CC(O)CN(Cc2ccc3ncccc3c2)Cc2ccco2)n1. The van der Waals surface area contributed by atoms with Crippen LogP contribution in [0.15, 0.2) is 65.4 Å². The summed E-state index contributed by atoms with van der Waals surface area (Å²) in [6.45, 7) is 6.30. The van der Waals surface area contributed by atoms with Gasteiger partial charge in [0.15, 0.2) is 0 Å². The third-order valence-electron chi connectivity index (χ3n) is 4.99. The van der Waals surface area contributed by atoms with Gasteiger partial charge in [0.2, 0.25) is 0 Å². The van der Waals surface area contributed by atoms with Crippen molar-refractivity contribution < 1.29 is 9.52 Å². The number of aromatic nitrogens is 3. The Morgan fingerprint density at radius 1 is 1.10 bits per heavy atom. The Morgan fingerprint density at radius 2 is 2.00 bits per heavy atom. The number of benzene rings is 1. The Balaban J connectivity index is 1.49. The first kappa shape index (κ1) is 19.4. The predicted molar refractivity (Wildman–Crippen MR) is 112 cm³/mol. The molecule has 6 nitrogen and oxygen atoms in total. The van der Waals surface area contributed by atoms with Crippen LogP contribution in [0.5, 0.6) is 0 Å². The number of pyridine rings is 1. The number of aliphatic hydroxyl groups is 1. The molecule has 3 heterocycles. The first-order valence-electron chi connectivity index (χ1n) is 9.84. The lowest BCUT2D eigenvalue weighted by molar-refractivity contribution is 0.0839. The topological polar surface area (TPSA) is 67.3 Å². The highest BCUT2D eigenvalue weighted by Crippen LogP contribution is 2.17. The van der Waals surface area contributed by atoms with Crippen LogP contribution in [0.25, 0.3) is 10.9 Å². The number of furan rings is 1. The molecule has 4 aromatic rings. The first-order chi connectivity index (χ1) is 14.1. The largest absolute Gasteiger partial charge is 0.468 e. The van der Waals surface area contributed by atoms with Crippen LogP contribution in [-0.4, -0.2) is 37.4 Å². The van der Waals surface area contributed by atoms with Gasteiger partial charge in [0.05, 0.1) is 36.7 Å². The number of nitrogens with zero attached hydrogens (tertiary/aromatic N) is 4. The molecule has 0 amide bonds. The molecular formula is C23H26N4O2. The van der Waals surface area contributed by atoms with Crippen LogP contribution in [0.2, 0.25) is 0 Å². The Bertz CT molecular complexity index is 1070. The summed E-state index contributed by atoms with van der Waals surface area (Å²) in [7, 11) is 0. The Morgan fingerprint density at radius 3 is 2.76 bits per heavy atom. The summed E-state index contributed by atoms with van der Waals surface area (Å²) in [6, 6.07) is 16.2. The fourth-order valence-corrected chi connectivity index (χ4v) is 3.70. The van der Waals surface area contributed by atoms with E-state index in [-0.39, 0.29) is 0 Å². The zero-order valence-electron chi connectivity index (χ0n) is 16.8. The Kier molecular flexibility index (Phi) is 5.74. The van der Waals surface area contributed by atoms with Crippen molar-refractivity contribution in [2.24, 2.45) is 0 Å². The Hall–Kier alpha value is -2.96. The molecule has 1 atom stereocenters. The smallest absolute Gasteiger partial charge is 0.117 e. The molecule has 29 heavy (non-hydrogen) atoms. The van der Waals surface area contributed by atoms with Crippen molar-refractivity contribution in [2.45, 2.75) is 39.6 Å². The average molecular weight is 390 g/mol. The van der Waals surface area contributed by atoms with E-state index in [1.54, 1.807) is 12.5 Å². The van der Waals surface area contributed by atoms with Crippen molar-refractivity contribution in [3.05, 3.63) is 83.7 Å². The molecule has 1 unspecified atom stereocenters. The van der Waals surface area contributed by atoms with E-state index >= 15 is 0 Å². The van der Waals surface area contributed by atoms with Gasteiger partial charge < -0.3 is 9.52 Å². The van der Waals surface area contributed by atoms with Gasteiger partial charge in [-0.25, -0.2) is 0 Å². The van der Waals surface area contributed by atoms with E-state index in [0.717, 1.165) is 28.1 Å². The van der Waals surface area contributed by atoms with Crippen molar-refractivity contribution in [1.82, 2.24) is 19.7 Å². The number of rotatable bonds is 8. The molecule has 0 aliphatic heterocycles. The van der Waals surface area contributed by atoms with E-state index in [2.05, 4.69) is 33.2 Å². The second kappa shape index (κ2) is 8.59. The molecule has 0 bridgehead atoms. The summed E-state index contributed by atoms with van der Waals surface area (Å²) in [6.07, 6.45) is 2.95. The third kappa shape index (κ3) is 4.91. The highest BCUT2D eigenvalue weighted by atomic mass is 16.3. The molecule has 0 saturated carbocycles. The highest BCUT2D eigenvalue weighted by Gasteiger charge is 2.16. The zero-order valence-corrected chi connectivity index (χ0v) is 16.8. The lowest BCUT2D eigenvalue weighted by Gasteiger charge is -2.25. The van der Waals surface area contributed by atoms with Crippen molar-refractivity contribution in [3.8, 4) is 0 Å². The van der Waals surface area contributed by atoms with Crippen molar-refractivity contribution in [1.29, 1.82) is 0 Å². The standard InChI is InChI=1S/C23H26N4O2/c1-17-11-18(2)27(25-17)15-21(28)14-26(16-22-6-4-10-29-22)13-19-7-8-23-20(12-19)5-3-9-24-23/h3-12,21,28H,13-16H2,1-2H3. The van der Waals surface area contributed by atoms with Crippen LogP contribution in [0.3, 0.4) is 0 Å². The van der Waals surface area contributed by atoms with Crippen molar-refractivity contribution in [2.75, 3.05) is 6.54 Å². The molecule has 0 radical (unpaired) electrons. The van der Waals surface area contributed by atoms with Crippen LogP contribution in [0.1, 0.15) is 22.7 Å². The predicted octanol–water partition coefficient (Wildman–Crippen LogP) is 3.70. The number of aryl methyl sites for hydroxylation is 2. The summed E-state index contributed by atoms with van der Waals surface area (Å²) < 4.78 is 7.41. The molecule has 0 aliphatic carbocycles. The molecule has 6 heteroatoms. The maximum atomic E-state index is 10.7. The van der Waals surface area contributed by atoms with Crippen molar-refractivity contribution in [3.63, 3.8) is 0 Å². The quantitative estimate of drug-likeness (QED) is 0.497. The monoisotopic (exact) mass is 390 g/mol. The van der Waals surface area contributed by atoms with Crippen LogP contribution < -0.4 is 0 Å². The number of hydrogen-bond donors (Lipinski definition) is 1. The van der Waals surface area contributed by atoms with E-state index in [1.165, 1.54) is 5.56 Å². The summed E-state index contributed by atoms with van der Waals surface area (Å²) in [4.78, 5) is 6.59. The van der Waals surface area contributed by atoms with Crippen LogP contribution in [0, 0.1) is 13.8 Å². The minimum atomic E-state index is -0.537. The zero-order chi connectivity index (χ0) is 20.2. The lowest BCUT2D eigenvalue weighted by Crippen LogP contribution is -2.34. The molecular weight excluding hydrogens is 364 g/mol. The van der Waals surface area contributed by atoms with E-state index < -0.39 is 6.10 Å². The molecule has 0 spiro atoms. The van der Waals surface area contributed by atoms with Crippen molar-refractivity contribution >= 4 is 10.9 Å². The van der Waals surface area contributed by atoms with Crippen LogP contribution in [0.4, 0.5) is 0 Å². The maximum Gasteiger partial charge on any atom is 0.117 e. The molecule has 1 N–H and O–H groups in total. The van der Waals surface area contributed by atoms with Gasteiger partial charge in [0.1, 0.15) is 5.76 Å². The summed E-state index contributed by atoms with van der Waals surface area (Å²) in [5.74, 6) is 0.880. The van der Waals surface area contributed by atoms with Crippen LogP contribution in [-0.2, 0) is 19.6 Å². The first-order valence-corrected chi connectivity index (χ1v) is 9.84. The second-order valence-electron chi connectivity index (χ2n) is 7.54. The third-order valence-corrected chi connectivity index (χ3v) is 4.99. The molecule has 0 fully saturated rings. The van der Waals surface area contributed by atoms with E-state index in [4.69, 9.17) is 4.42 Å². The molecule has 1 aromatic carbocycles. The minimum Gasteiger partial charge on any atom is -0.468 e. The van der Waals surface area contributed by atoms with Gasteiger partial charge >= 0.3 is 0 Å². The fraction of sp³-hybridized carbons (Fsp3) is 0.304. The number of aliphatic hydroxyl groups excluding tert-OH is 1. The fourth-order valence-electron chi connectivity index (χ4n) is 3.70. The average Bonchev–Trinajstić information content (AvgIpc) is 3.31. The molecule has 0 saturated heterocycles. The maximum absolute atomic E-state index is 10.7. The van der Waals surface area contributed by atoms with E-state index in [1.807, 2.05) is 48.9 Å². The van der Waals surface area contributed by atoms with Gasteiger partial charge in [0, 0.05) is 30.4 Å². The minimum absolute atomic E-state index is 0.468. The summed E-state index contributed by atoms with van der Waals surface area (Å²) in [5.41, 5.74) is 4.18. The second-order valence-corrected chi connectivity index (χ2v) is 7.54. The summed E-state index contributed by atoms with van der Waals surface area (Å²) in [5, 5.41) is 16.3. The van der Waals surface area contributed by atoms with Gasteiger partial charge in [-0.1, -0.05) is 12.1 Å². The molecule has 3 aromatic heterocycles. The van der Waals surface area contributed by atoms with Gasteiger partial charge in [-0.05, 0) is 55.8 Å². The molecule has 0 aliphatic rings. The van der Waals surface area contributed by atoms with Gasteiger partial charge in [-0.15, -0.1) is 0 Å². The van der Waals surface area contributed by atoms with Gasteiger partial charge in [-0.3, -0.25) is 14.6 Å². The van der Waals surface area contributed by atoms with Gasteiger partial charge in [-0.2, -0.15) is 5.10 Å². The number of fused-ring (bicyclic) bond motifs is 1. The van der Waals surface area contributed by atoms with Gasteiger partial charge in [0.25, 0.3) is 0 Å². The molecule has 4 rings (SSSR count). The van der Waals surface area contributed by atoms with E-state index in [9.17, 15) is 5.11 Å². The number of hydrogen-bond acceptors (Lipinski definition) is 5. The summed E-state index contributed by atoms with van der Waals surface area (Å²) >= 11 is 0.